The van der Waals surface area contributed by atoms with E-state index in [4.69, 9.17) is 9.47 Å². The maximum atomic E-state index is 11.7. The van der Waals surface area contributed by atoms with Gasteiger partial charge in [-0.3, -0.25) is 4.79 Å². The molecule has 0 aliphatic carbocycles. The zero-order chi connectivity index (χ0) is 15.8. The lowest BCUT2D eigenvalue weighted by atomic mass is 10.1. The molecule has 0 fully saturated rings. The molecule has 0 saturated carbocycles. The lowest BCUT2D eigenvalue weighted by Gasteiger charge is -2.13. The molecular formula is C16H23NO4. The van der Waals surface area contributed by atoms with Gasteiger partial charge < -0.3 is 14.8 Å². The summed E-state index contributed by atoms with van der Waals surface area (Å²) < 4.78 is 10.4. The van der Waals surface area contributed by atoms with Gasteiger partial charge in [-0.15, -0.1) is 0 Å². The molecule has 0 aliphatic heterocycles. The number of esters is 1. The molecule has 1 N–H and O–H groups in total. The van der Waals surface area contributed by atoms with Gasteiger partial charge in [0, 0.05) is 0 Å². The first-order valence-corrected chi connectivity index (χ1v) is 7.09. The summed E-state index contributed by atoms with van der Waals surface area (Å²) in [4.78, 5) is 23.1. The van der Waals surface area contributed by atoms with Gasteiger partial charge in [0.2, 0.25) is 5.91 Å². The second-order valence-electron chi connectivity index (χ2n) is 4.96. The molecule has 1 atom stereocenters. The van der Waals surface area contributed by atoms with Crippen molar-refractivity contribution in [3.63, 3.8) is 0 Å². The van der Waals surface area contributed by atoms with Crippen molar-refractivity contribution in [2.45, 2.75) is 40.2 Å². The third-order valence-corrected chi connectivity index (χ3v) is 2.81. The van der Waals surface area contributed by atoms with Crippen molar-refractivity contribution < 1.29 is 19.1 Å². The second-order valence-corrected chi connectivity index (χ2v) is 4.96. The molecule has 0 radical (unpaired) electrons. The summed E-state index contributed by atoms with van der Waals surface area (Å²) in [5.74, 6) is 0.0831. The minimum absolute atomic E-state index is 0.191. The Bertz CT molecular complexity index is 479. The van der Waals surface area contributed by atoms with E-state index in [2.05, 4.69) is 11.4 Å². The number of rotatable bonds is 7. The molecule has 21 heavy (non-hydrogen) atoms. The molecule has 1 aromatic carbocycles. The first-order chi connectivity index (χ1) is 9.92. The number of nitrogens with one attached hydrogen (secondary N) is 1. The van der Waals surface area contributed by atoms with Crippen LogP contribution in [0, 0.1) is 13.8 Å². The molecule has 1 aromatic rings. The van der Waals surface area contributed by atoms with Crippen LogP contribution in [0.1, 0.15) is 31.4 Å². The Labute approximate surface area is 125 Å². The van der Waals surface area contributed by atoms with Gasteiger partial charge in [0.25, 0.3) is 0 Å². The average molecular weight is 293 g/mol. The van der Waals surface area contributed by atoms with E-state index >= 15 is 0 Å². The zero-order valence-corrected chi connectivity index (χ0v) is 13.1. The molecule has 0 spiro atoms. The number of benzene rings is 1. The molecule has 1 rings (SSSR count). The highest BCUT2D eigenvalue weighted by atomic mass is 16.5. The Morgan fingerprint density at radius 1 is 1.19 bits per heavy atom. The summed E-state index contributed by atoms with van der Waals surface area (Å²) in [7, 11) is 0. The van der Waals surface area contributed by atoms with Gasteiger partial charge >= 0.3 is 5.97 Å². The van der Waals surface area contributed by atoms with Gasteiger partial charge in [-0.1, -0.05) is 6.07 Å². The normalized spacial score (nSPS) is 11.6. The summed E-state index contributed by atoms with van der Waals surface area (Å²) >= 11 is 0. The quantitative estimate of drug-likeness (QED) is 0.782. The Morgan fingerprint density at radius 3 is 2.38 bits per heavy atom. The minimum atomic E-state index is -0.640. The van der Waals surface area contributed by atoms with Crippen LogP contribution in [0.2, 0.25) is 0 Å². The largest absolute Gasteiger partial charge is 0.493 e. The smallest absolute Gasteiger partial charge is 0.328 e. The van der Waals surface area contributed by atoms with Crippen molar-refractivity contribution in [3.8, 4) is 5.75 Å². The van der Waals surface area contributed by atoms with Crippen molar-refractivity contribution in [2.75, 3.05) is 13.2 Å². The summed E-state index contributed by atoms with van der Waals surface area (Å²) in [6.45, 7) is 7.88. The number of amides is 1. The molecule has 5 nitrogen and oxygen atoms in total. The Kier molecular flexibility index (Phi) is 6.72. The number of carbonyl (C=O) groups excluding carboxylic acids is 2. The third kappa shape index (κ3) is 6.29. The molecule has 1 unspecified atom stereocenters. The van der Waals surface area contributed by atoms with Crippen molar-refractivity contribution in [3.05, 3.63) is 29.3 Å². The number of aryl methyl sites for hydroxylation is 2. The Hall–Kier alpha value is -2.04. The maximum Gasteiger partial charge on any atom is 0.328 e. The summed E-state index contributed by atoms with van der Waals surface area (Å²) in [6.07, 6.45) is 0.191. The van der Waals surface area contributed by atoms with E-state index in [0.717, 1.165) is 16.9 Å². The van der Waals surface area contributed by atoms with E-state index in [9.17, 15) is 9.59 Å². The first-order valence-electron chi connectivity index (χ1n) is 7.09. The van der Waals surface area contributed by atoms with E-state index in [1.54, 1.807) is 13.8 Å². The van der Waals surface area contributed by atoms with Crippen LogP contribution in [0.25, 0.3) is 0 Å². The van der Waals surface area contributed by atoms with Crippen LogP contribution in [-0.4, -0.2) is 31.1 Å². The summed E-state index contributed by atoms with van der Waals surface area (Å²) in [5.41, 5.74) is 2.23. The fourth-order valence-electron chi connectivity index (χ4n) is 1.92. The van der Waals surface area contributed by atoms with Crippen LogP contribution in [0.15, 0.2) is 18.2 Å². The lowest BCUT2D eigenvalue weighted by Crippen LogP contribution is -2.40. The molecule has 0 heterocycles. The number of hydrogen-bond acceptors (Lipinski definition) is 4. The van der Waals surface area contributed by atoms with Gasteiger partial charge in [0.1, 0.15) is 11.8 Å². The third-order valence-electron chi connectivity index (χ3n) is 2.81. The van der Waals surface area contributed by atoms with Crippen LogP contribution in [0.5, 0.6) is 5.75 Å². The van der Waals surface area contributed by atoms with Crippen LogP contribution in [0.3, 0.4) is 0 Å². The predicted octanol–water partition coefficient (Wildman–Crippen LogP) is 2.14. The lowest BCUT2D eigenvalue weighted by molar-refractivity contribution is -0.146. The van der Waals surface area contributed by atoms with E-state index in [1.807, 2.05) is 26.0 Å². The summed E-state index contributed by atoms with van der Waals surface area (Å²) in [5, 5.41) is 2.58. The van der Waals surface area contributed by atoms with Crippen LogP contribution < -0.4 is 10.1 Å². The van der Waals surface area contributed by atoms with Gasteiger partial charge in [0.05, 0.1) is 19.6 Å². The Morgan fingerprint density at radius 2 is 1.81 bits per heavy atom. The highest BCUT2D eigenvalue weighted by Crippen LogP contribution is 2.16. The number of hydrogen-bond donors (Lipinski definition) is 1. The fourth-order valence-corrected chi connectivity index (χ4v) is 1.92. The van der Waals surface area contributed by atoms with E-state index < -0.39 is 12.0 Å². The monoisotopic (exact) mass is 293 g/mol. The summed E-state index contributed by atoms with van der Waals surface area (Å²) in [6, 6.07) is 5.26. The number of ether oxygens (including phenoxy) is 2. The minimum Gasteiger partial charge on any atom is -0.493 e. The predicted molar refractivity (Wildman–Crippen MR) is 80.3 cm³/mol. The first kappa shape index (κ1) is 17.0. The van der Waals surface area contributed by atoms with E-state index in [0.29, 0.717) is 6.61 Å². The molecule has 0 bridgehead atoms. The molecule has 0 saturated heterocycles. The van der Waals surface area contributed by atoms with E-state index in [-0.39, 0.29) is 18.9 Å². The molecular weight excluding hydrogens is 270 g/mol. The molecule has 1 amide bonds. The average Bonchev–Trinajstić information content (AvgIpc) is 2.37. The van der Waals surface area contributed by atoms with Crippen molar-refractivity contribution >= 4 is 11.9 Å². The standard InChI is InChI=1S/C16H23NO4/c1-5-20-16(19)13(4)17-15(18)6-7-21-14-9-11(2)8-12(3)10-14/h8-10,13H,5-7H2,1-4H3,(H,17,18). The van der Waals surface area contributed by atoms with Crippen molar-refractivity contribution in [1.82, 2.24) is 5.32 Å². The topological polar surface area (TPSA) is 64.6 Å². The van der Waals surface area contributed by atoms with Gasteiger partial charge in [-0.05, 0) is 51.0 Å². The second kappa shape index (κ2) is 8.29. The molecule has 0 aromatic heterocycles. The van der Waals surface area contributed by atoms with Gasteiger partial charge in [-0.2, -0.15) is 0 Å². The van der Waals surface area contributed by atoms with Crippen molar-refractivity contribution in [1.29, 1.82) is 0 Å². The number of carbonyl (C=O) groups is 2. The molecule has 0 aliphatic rings. The SMILES string of the molecule is CCOC(=O)C(C)NC(=O)CCOc1cc(C)cc(C)c1. The van der Waals surface area contributed by atoms with Crippen LogP contribution >= 0.6 is 0 Å². The highest BCUT2D eigenvalue weighted by molar-refractivity contribution is 5.84. The zero-order valence-electron chi connectivity index (χ0n) is 13.1. The van der Waals surface area contributed by atoms with Gasteiger partial charge in [-0.25, -0.2) is 4.79 Å². The van der Waals surface area contributed by atoms with E-state index in [1.165, 1.54) is 0 Å². The highest BCUT2D eigenvalue weighted by Gasteiger charge is 2.16. The maximum absolute atomic E-state index is 11.7. The van der Waals surface area contributed by atoms with Crippen LogP contribution in [0.4, 0.5) is 0 Å². The molecule has 116 valence electrons. The fraction of sp³-hybridized carbons (Fsp3) is 0.500. The van der Waals surface area contributed by atoms with Gasteiger partial charge in [0.15, 0.2) is 0 Å². The van der Waals surface area contributed by atoms with Crippen molar-refractivity contribution in [2.24, 2.45) is 0 Å². The van der Waals surface area contributed by atoms with Crippen LogP contribution in [-0.2, 0) is 14.3 Å². The molecule has 5 heteroatoms. The Balaban J connectivity index is 2.35.